The van der Waals surface area contributed by atoms with E-state index in [1.165, 1.54) is 7.11 Å². The van der Waals surface area contributed by atoms with Crippen LogP contribution in [0.1, 0.15) is 52.5 Å². The Morgan fingerprint density at radius 3 is 2.38 bits per heavy atom. The number of benzene rings is 2. The second-order valence-electron chi connectivity index (χ2n) is 8.49. The number of hydrogen-bond acceptors (Lipinski definition) is 8. The van der Waals surface area contributed by atoms with E-state index in [0.717, 1.165) is 0 Å². The Morgan fingerprint density at radius 2 is 1.70 bits per heavy atom. The molecule has 4 rings (SSSR count). The highest BCUT2D eigenvalue weighted by atomic mass is 35.5. The lowest BCUT2D eigenvalue weighted by molar-refractivity contribution is -0.139. The highest BCUT2D eigenvalue weighted by molar-refractivity contribution is 6.31. The van der Waals surface area contributed by atoms with E-state index in [9.17, 15) is 19.2 Å². The van der Waals surface area contributed by atoms with Crippen LogP contribution in [0, 0.1) is 0 Å². The SMILES string of the molecule is CCOC(=O)C1=C(C2OCCC(=O)c3ccccc3C2=O)NC(C)=C(C(=O)OC)C1c1ccccc1Cl. The number of allylic oxidation sites excluding steroid dienone is 1. The molecule has 0 saturated carbocycles. The number of carbonyl (C=O) groups excluding carboxylic acids is 4. The number of nitrogens with one attached hydrogen (secondary N) is 1. The van der Waals surface area contributed by atoms with Gasteiger partial charge in [-0.15, -0.1) is 0 Å². The van der Waals surface area contributed by atoms with E-state index in [0.29, 0.717) is 21.8 Å². The molecule has 0 bridgehead atoms. The molecule has 2 aliphatic rings. The normalized spacial score (nSPS) is 20.0. The predicted molar refractivity (Wildman–Crippen MR) is 135 cm³/mol. The maximum Gasteiger partial charge on any atom is 0.336 e. The number of fused-ring (bicyclic) bond motifs is 1. The van der Waals surface area contributed by atoms with Crippen LogP contribution in [-0.2, 0) is 23.8 Å². The minimum Gasteiger partial charge on any atom is -0.466 e. The van der Waals surface area contributed by atoms with Gasteiger partial charge in [-0.3, -0.25) is 9.59 Å². The van der Waals surface area contributed by atoms with Crippen LogP contribution in [-0.4, -0.2) is 49.9 Å². The van der Waals surface area contributed by atoms with Crippen molar-refractivity contribution in [3.05, 3.63) is 92.8 Å². The zero-order chi connectivity index (χ0) is 26.7. The summed E-state index contributed by atoms with van der Waals surface area (Å²) in [4.78, 5) is 52.9. The molecule has 8 nitrogen and oxygen atoms in total. The predicted octanol–water partition coefficient (Wildman–Crippen LogP) is 4.15. The molecular formula is C28H26ClNO7. The van der Waals surface area contributed by atoms with Crippen LogP contribution in [0.15, 0.2) is 71.1 Å². The standard InChI is InChI=1S/C28H26ClNO7/c1-4-36-28(34)23-22(18-11-7-8-12-19(18)29)21(27(33)35-3)15(2)30-24(23)26-25(32)17-10-6-5-9-16(17)20(31)13-14-37-26/h5-12,22,26,30H,4,13-14H2,1-3H3. The molecule has 0 saturated heterocycles. The zero-order valence-corrected chi connectivity index (χ0v) is 21.4. The molecule has 2 aromatic carbocycles. The Morgan fingerprint density at radius 1 is 1.03 bits per heavy atom. The van der Waals surface area contributed by atoms with E-state index in [1.54, 1.807) is 62.4 Å². The Hall–Kier alpha value is -3.75. The zero-order valence-electron chi connectivity index (χ0n) is 20.6. The van der Waals surface area contributed by atoms with Gasteiger partial charge in [0, 0.05) is 28.3 Å². The first-order chi connectivity index (χ1) is 17.8. The quantitative estimate of drug-likeness (QED) is 0.582. The highest BCUT2D eigenvalue weighted by Gasteiger charge is 2.44. The van der Waals surface area contributed by atoms with Gasteiger partial charge in [0.2, 0.25) is 0 Å². The third-order valence-corrected chi connectivity index (χ3v) is 6.66. The number of methoxy groups -OCH3 is 1. The molecule has 2 unspecified atom stereocenters. The molecule has 0 aromatic heterocycles. The number of dihydropyridines is 1. The van der Waals surface area contributed by atoms with E-state index >= 15 is 0 Å². The summed E-state index contributed by atoms with van der Waals surface area (Å²) in [6.07, 6.45) is -1.22. The summed E-state index contributed by atoms with van der Waals surface area (Å²) in [5, 5.41) is 3.38. The van der Waals surface area contributed by atoms with Gasteiger partial charge in [-0.25, -0.2) is 9.59 Å². The maximum absolute atomic E-state index is 13.8. The molecule has 0 fully saturated rings. The Balaban J connectivity index is 1.99. The highest BCUT2D eigenvalue weighted by Crippen LogP contribution is 2.43. The van der Waals surface area contributed by atoms with E-state index in [1.807, 2.05) is 0 Å². The minimum absolute atomic E-state index is 0.00341. The topological polar surface area (TPSA) is 108 Å². The van der Waals surface area contributed by atoms with Gasteiger partial charge in [0.15, 0.2) is 17.7 Å². The number of hydrogen-bond donors (Lipinski definition) is 1. The molecule has 2 aromatic rings. The lowest BCUT2D eigenvalue weighted by Crippen LogP contribution is -2.42. The molecule has 2 aliphatic heterocycles. The minimum atomic E-state index is -1.27. The van der Waals surface area contributed by atoms with Gasteiger partial charge in [-0.2, -0.15) is 0 Å². The monoisotopic (exact) mass is 523 g/mol. The number of esters is 2. The van der Waals surface area contributed by atoms with Crippen molar-refractivity contribution in [1.82, 2.24) is 5.32 Å². The average molecular weight is 524 g/mol. The van der Waals surface area contributed by atoms with E-state index in [4.69, 9.17) is 25.8 Å². The fourth-order valence-electron chi connectivity index (χ4n) is 4.67. The third-order valence-electron chi connectivity index (χ3n) is 6.32. The molecule has 0 amide bonds. The summed E-state index contributed by atoms with van der Waals surface area (Å²) in [6, 6.07) is 13.3. The van der Waals surface area contributed by atoms with Crippen molar-refractivity contribution in [1.29, 1.82) is 0 Å². The lowest BCUT2D eigenvalue weighted by Gasteiger charge is -2.34. The molecule has 9 heteroatoms. The van der Waals surface area contributed by atoms with Crippen LogP contribution >= 0.6 is 11.6 Å². The molecular weight excluding hydrogens is 498 g/mol. The first-order valence-corrected chi connectivity index (χ1v) is 12.2. The van der Waals surface area contributed by atoms with Crippen LogP contribution in [0.5, 0.6) is 0 Å². The van der Waals surface area contributed by atoms with Crippen molar-refractivity contribution < 1.29 is 33.4 Å². The second-order valence-corrected chi connectivity index (χ2v) is 8.90. The van der Waals surface area contributed by atoms with Crippen LogP contribution in [0.25, 0.3) is 0 Å². The van der Waals surface area contributed by atoms with Gasteiger partial charge in [-0.1, -0.05) is 54.1 Å². The van der Waals surface area contributed by atoms with Crippen molar-refractivity contribution in [2.45, 2.75) is 32.3 Å². The summed E-state index contributed by atoms with van der Waals surface area (Å²) < 4.78 is 16.4. The summed E-state index contributed by atoms with van der Waals surface area (Å²) in [6.45, 7) is 3.30. The molecule has 192 valence electrons. The molecule has 2 atom stereocenters. The van der Waals surface area contributed by atoms with Gasteiger partial charge >= 0.3 is 11.9 Å². The fourth-order valence-corrected chi connectivity index (χ4v) is 4.92. The number of halogens is 1. The molecule has 2 heterocycles. The molecule has 0 spiro atoms. The van der Waals surface area contributed by atoms with Gasteiger partial charge in [-0.05, 0) is 25.5 Å². The Bertz CT molecular complexity index is 1340. The molecule has 1 N–H and O–H groups in total. The summed E-state index contributed by atoms with van der Waals surface area (Å²) >= 11 is 6.55. The largest absolute Gasteiger partial charge is 0.466 e. The van der Waals surface area contributed by atoms with E-state index < -0.39 is 29.7 Å². The Labute approximate surface area is 219 Å². The molecule has 37 heavy (non-hydrogen) atoms. The van der Waals surface area contributed by atoms with Gasteiger partial charge in [0.1, 0.15) is 0 Å². The van der Waals surface area contributed by atoms with E-state index in [2.05, 4.69) is 5.32 Å². The Kier molecular flexibility index (Phi) is 7.90. The van der Waals surface area contributed by atoms with E-state index in [-0.39, 0.29) is 47.8 Å². The molecule has 0 radical (unpaired) electrons. The summed E-state index contributed by atoms with van der Waals surface area (Å²) in [5.74, 6) is -3.13. The average Bonchev–Trinajstić information content (AvgIpc) is 2.89. The van der Waals surface area contributed by atoms with Gasteiger partial charge in [0.25, 0.3) is 0 Å². The number of Topliss-reactive ketones (excluding diaryl/α,β-unsaturated/α-hetero) is 2. The van der Waals surface area contributed by atoms with Gasteiger partial charge in [0.05, 0.1) is 43.1 Å². The first-order valence-electron chi connectivity index (χ1n) is 11.8. The van der Waals surface area contributed by atoms with Crippen LogP contribution in [0.3, 0.4) is 0 Å². The smallest absolute Gasteiger partial charge is 0.336 e. The maximum atomic E-state index is 13.8. The van der Waals surface area contributed by atoms with Crippen LogP contribution in [0.2, 0.25) is 5.02 Å². The van der Waals surface area contributed by atoms with Crippen LogP contribution in [0.4, 0.5) is 0 Å². The van der Waals surface area contributed by atoms with Crippen molar-refractivity contribution in [2.75, 3.05) is 20.3 Å². The van der Waals surface area contributed by atoms with Crippen molar-refractivity contribution >= 4 is 35.1 Å². The number of ether oxygens (including phenoxy) is 3. The number of ketones is 2. The summed E-state index contributed by atoms with van der Waals surface area (Å²) in [7, 11) is 1.24. The van der Waals surface area contributed by atoms with Gasteiger partial charge < -0.3 is 19.5 Å². The van der Waals surface area contributed by atoms with Crippen LogP contribution < -0.4 is 5.32 Å². The van der Waals surface area contributed by atoms with Crippen molar-refractivity contribution in [3.8, 4) is 0 Å². The van der Waals surface area contributed by atoms with Crippen molar-refractivity contribution in [2.24, 2.45) is 0 Å². The number of rotatable bonds is 5. The third kappa shape index (κ3) is 4.95. The first kappa shape index (κ1) is 26.3. The second kappa shape index (κ2) is 11.1. The molecule has 0 aliphatic carbocycles. The number of carbonyl (C=O) groups is 4. The lowest BCUT2D eigenvalue weighted by atomic mass is 9.78. The summed E-state index contributed by atoms with van der Waals surface area (Å²) in [5.41, 5.74) is 1.58. The fraction of sp³-hybridized carbons (Fsp3) is 0.286. The van der Waals surface area contributed by atoms with Crippen molar-refractivity contribution in [3.63, 3.8) is 0 Å².